The zero-order chi connectivity index (χ0) is 40.8. The summed E-state index contributed by atoms with van der Waals surface area (Å²) < 4.78 is 6.54. The minimum atomic E-state index is -0.0630. The fourth-order valence-electron chi connectivity index (χ4n) is 12.3. The van der Waals surface area contributed by atoms with Crippen molar-refractivity contribution in [2.45, 2.75) is 102 Å². The van der Waals surface area contributed by atoms with Gasteiger partial charge in [0.25, 0.3) is 0 Å². The number of hydrogen-bond acceptors (Lipinski definition) is 2. The summed E-state index contributed by atoms with van der Waals surface area (Å²) in [7, 11) is 0. The molecule has 7 aromatic carbocycles. The van der Waals surface area contributed by atoms with E-state index in [0.717, 1.165) is 33.3 Å². The molecule has 4 aliphatic rings. The highest BCUT2D eigenvalue weighted by atomic mass is 16.3. The molecule has 1 spiro atoms. The molecular formula is C58H53NO. The van der Waals surface area contributed by atoms with E-state index in [1.807, 2.05) is 0 Å². The topological polar surface area (TPSA) is 16.4 Å². The summed E-state index contributed by atoms with van der Waals surface area (Å²) in [6.45, 7) is 14.6. The Morgan fingerprint density at radius 3 is 1.90 bits per heavy atom. The zero-order valence-corrected chi connectivity index (χ0v) is 35.9. The molecule has 1 aromatic heterocycles. The quantitative estimate of drug-likeness (QED) is 0.177. The van der Waals surface area contributed by atoms with Crippen molar-refractivity contribution in [3.63, 3.8) is 0 Å². The molecule has 1 fully saturated rings. The highest BCUT2D eigenvalue weighted by Gasteiger charge is 2.48. The van der Waals surface area contributed by atoms with Crippen molar-refractivity contribution in [2.75, 3.05) is 4.90 Å². The molecule has 4 aliphatic carbocycles. The summed E-state index contributed by atoms with van der Waals surface area (Å²) in [5.41, 5.74) is 22.7. The monoisotopic (exact) mass is 779 g/mol. The van der Waals surface area contributed by atoms with Crippen molar-refractivity contribution in [3.05, 3.63) is 173 Å². The predicted octanol–water partition coefficient (Wildman–Crippen LogP) is 16.2. The van der Waals surface area contributed by atoms with Crippen LogP contribution in [0.4, 0.5) is 17.1 Å². The second-order valence-electron chi connectivity index (χ2n) is 20.3. The molecule has 1 heterocycles. The van der Waals surface area contributed by atoms with Gasteiger partial charge in [-0.1, -0.05) is 139 Å². The molecule has 0 bridgehead atoms. The van der Waals surface area contributed by atoms with Crippen LogP contribution in [0.25, 0.3) is 55.3 Å². The van der Waals surface area contributed by atoms with E-state index >= 15 is 0 Å². The first-order valence-corrected chi connectivity index (χ1v) is 22.3. The molecule has 2 heteroatoms. The van der Waals surface area contributed by atoms with Crippen LogP contribution in [0.1, 0.15) is 113 Å². The van der Waals surface area contributed by atoms with E-state index in [9.17, 15) is 0 Å². The van der Waals surface area contributed by atoms with Crippen LogP contribution >= 0.6 is 0 Å². The lowest BCUT2D eigenvalue weighted by Crippen LogP contribution is -2.34. The highest BCUT2D eigenvalue weighted by molar-refractivity contribution is 6.13. The largest absolute Gasteiger partial charge is 0.456 e. The fraction of sp³-hybridized carbons (Fsp3) is 0.276. The van der Waals surface area contributed by atoms with Crippen molar-refractivity contribution in [1.29, 1.82) is 0 Å². The van der Waals surface area contributed by atoms with E-state index < -0.39 is 0 Å². The second-order valence-corrected chi connectivity index (χ2v) is 20.3. The third-order valence-corrected chi connectivity index (χ3v) is 15.7. The van der Waals surface area contributed by atoms with Crippen LogP contribution < -0.4 is 4.90 Å². The van der Waals surface area contributed by atoms with Crippen LogP contribution in [0.2, 0.25) is 0 Å². The van der Waals surface area contributed by atoms with Gasteiger partial charge >= 0.3 is 0 Å². The lowest BCUT2D eigenvalue weighted by atomic mass is 9.62. The number of furan rings is 1. The van der Waals surface area contributed by atoms with Gasteiger partial charge in [0.15, 0.2) is 0 Å². The molecule has 2 nitrogen and oxygen atoms in total. The fourth-order valence-corrected chi connectivity index (χ4v) is 12.3. The first-order valence-electron chi connectivity index (χ1n) is 22.3. The Morgan fingerprint density at radius 1 is 0.433 bits per heavy atom. The number of hydrogen-bond donors (Lipinski definition) is 0. The first kappa shape index (κ1) is 36.0. The summed E-state index contributed by atoms with van der Waals surface area (Å²) in [5, 5.41) is 2.29. The Hall–Kier alpha value is -5.86. The van der Waals surface area contributed by atoms with Gasteiger partial charge in [-0.25, -0.2) is 0 Å². The SMILES string of the molecule is CC1(C)CCC(C)(C)c2cc3c(cc21)-c1ccc(N(c2cccc(-c4ccc5c(c4)C(C)(C)c4ccccc4-5)c2)c2cccc4oc5ccccc5c24)cc1C31CCCC1. The Kier molecular flexibility index (Phi) is 7.42. The van der Waals surface area contributed by atoms with Crippen LogP contribution in [-0.4, -0.2) is 0 Å². The first-order chi connectivity index (χ1) is 28.9. The summed E-state index contributed by atoms with van der Waals surface area (Å²) in [5.74, 6) is 0. The predicted molar refractivity (Wildman–Crippen MR) is 251 cm³/mol. The number of benzene rings is 7. The van der Waals surface area contributed by atoms with Crippen LogP contribution in [0.5, 0.6) is 0 Å². The second kappa shape index (κ2) is 12.4. The lowest BCUT2D eigenvalue weighted by Gasteiger charge is -2.43. The van der Waals surface area contributed by atoms with Crippen molar-refractivity contribution in [2.24, 2.45) is 0 Å². The Bertz CT molecular complexity index is 3090. The average Bonchev–Trinajstić information content (AvgIpc) is 4.02. The molecule has 0 unspecified atom stereocenters. The maximum Gasteiger partial charge on any atom is 0.137 e. The molecule has 0 N–H and O–H groups in total. The minimum absolute atomic E-state index is 0.0318. The van der Waals surface area contributed by atoms with Gasteiger partial charge in [0.2, 0.25) is 0 Å². The minimum Gasteiger partial charge on any atom is -0.456 e. The van der Waals surface area contributed by atoms with E-state index in [-0.39, 0.29) is 21.7 Å². The van der Waals surface area contributed by atoms with Crippen LogP contribution in [0.15, 0.2) is 144 Å². The van der Waals surface area contributed by atoms with Crippen molar-refractivity contribution in [1.82, 2.24) is 0 Å². The number of rotatable bonds is 4. The van der Waals surface area contributed by atoms with E-state index in [1.54, 1.807) is 16.7 Å². The van der Waals surface area contributed by atoms with Gasteiger partial charge in [-0.05, 0) is 158 Å². The molecule has 60 heavy (non-hydrogen) atoms. The third-order valence-electron chi connectivity index (χ3n) is 15.7. The van der Waals surface area contributed by atoms with Crippen molar-refractivity contribution >= 4 is 39.0 Å². The maximum absolute atomic E-state index is 6.54. The molecule has 0 aliphatic heterocycles. The molecule has 0 amide bonds. The number of para-hydroxylation sites is 1. The summed E-state index contributed by atoms with van der Waals surface area (Å²) >= 11 is 0. The van der Waals surface area contributed by atoms with Gasteiger partial charge in [0.05, 0.1) is 11.1 Å². The van der Waals surface area contributed by atoms with E-state index in [4.69, 9.17) is 4.42 Å². The van der Waals surface area contributed by atoms with Crippen LogP contribution in [-0.2, 0) is 21.7 Å². The maximum atomic E-state index is 6.54. The molecule has 8 aromatic rings. The highest BCUT2D eigenvalue weighted by Crippen LogP contribution is 2.61. The van der Waals surface area contributed by atoms with Crippen molar-refractivity contribution in [3.8, 4) is 33.4 Å². The Labute approximate surface area is 354 Å². The smallest absolute Gasteiger partial charge is 0.137 e. The Balaban J connectivity index is 1.06. The lowest BCUT2D eigenvalue weighted by molar-refractivity contribution is 0.331. The summed E-state index contributed by atoms with van der Waals surface area (Å²) in [4.78, 5) is 2.52. The summed E-state index contributed by atoms with van der Waals surface area (Å²) in [6, 6.07) is 53.1. The van der Waals surface area contributed by atoms with Crippen LogP contribution in [0.3, 0.4) is 0 Å². The number of nitrogens with zero attached hydrogens (tertiary/aromatic N) is 1. The molecule has 0 atom stereocenters. The molecular weight excluding hydrogens is 727 g/mol. The number of anilines is 3. The zero-order valence-electron chi connectivity index (χ0n) is 35.9. The van der Waals surface area contributed by atoms with Gasteiger partial charge in [-0.3, -0.25) is 0 Å². The molecule has 1 saturated carbocycles. The van der Waals surface area contributed by atoms with Gasteiger partial charge in [-0.2, -0.15) is 0 Å². The van der Waals surface area contributed by atoms with Gasteiger partial charge in [0.1, 0.15) is 11.2 Å². The van der Waals surface area contributed by atoms with Crippen LogP contribution in [0, 0.1) is 0 Å². The summed E-state index contributed by atoms with van der Waals surface area (Å²) in [6.07, 6.45) is 7.40. The molecule has 0 saturated heterocycles. The number of fused-ring (bicyclic) bond motifs is 12. The van der Waals surface area contributed by atoms with E-state index in [0.29, 0.717) is 0 Å². The van der Waals surface area contributed by atoms with E-state index in [1.165, 1.54) is 94.3 Å². The van der Waals surface area contributed by atoms with Gasteiger partial charge in [0, 0.05) is 27.6 Å². The third kappa shape index (κ3) is 4.94. The Morgan fingerprint density at radius 2 is 1.07 bits per heavy atom. The molecule has 0 radical (unpaired) electrons. The average molecular weight is 780 g/mol. The van der Waals surface area contributed by atoms with E-state index in [2.05, 4.69) is 186 Å². The molecule has 296 valence electrons. The normalized spacial score (nSPS) is 18.3. The molecule has 12 rings (SSSR count). The standard InChI is InChI=1S/C58H53NO/c1-55(2)29-30-56(3,4)50-35-48-44(34-49(50)55)42-26-24-39(33-47(42)58(48)27-11-12-28-58)59(51-20-14-22-53-54(51)43-18-8-10-21-52(43)60-53)38-16-13-15-36(31-38)37-23-25-41-40-17-7-9-19-45(40)57(5,6)46(41)32-37/h7-10,13-26,31-35H,11-12,27-30H2,1-6H3. The van der Waals surface area contributed by atoms with Gasteiger partial charge in [-0.15, -0.1) is 0 Å². The van der Waals surface area contributed by atoms with Gasteiger partial charge < -0.3 is 9.32 Å². The van der Waals surface area contributed by atoms with Crippen molar-refractivity contribution < 1.29 is 4.42 Å².